The van der Waals surface area contributed by atoms with Gasteiger partial charge in [-0.2, -0.15) is 5.26 Å². The molecule has 0 aliphatic heterocycles. The molecular formula is C15H12N6O. The number of pyridine rings is 2. The Bertz CT molecular complexity index is 921. The number of nitrogens with one attached hydrogen (secondary N) is 1. The monoisotopic (exact) mass is 292 g/mol. The largest absolute Gasteiger partial charge is 0.383 e. The number of carbonyl (C=O) groups is 1. The van der Waals surface area contributed by atoms with Crippen LogP contribution in [-0.2, 0) is 4.79 Å². The maximum absolute atomic E-state index is 11.1. The Balaban J connectivity index is 2.05. The fraction of sp³-hybridized carbons (Fsp3) is 0.0667. The third kappa shape index (κ3) is 2.45. The van der Waals surface area contributed by atoms with E-state index in [9.17, 15) is 4.79 Å². The van der Waals surface area contributed by atoms with E-state index in [4.69, 9.17) is 11.0 Å². The molecule has 0 aromatic carbocycles. The van der Waals surface area contributed by atoms with E-state index in [0.717, 1.165) is 11.1 Å². The number of nitrogens with zero attached hydrogens (tertiary/aromatic N) is 4. The summed E-state index contributed by atoms with van der Waals surface area (Å²) in [6, 6.07) is 7.40. The molecule has 1 amide bonds. The molecule has 0 aliphatic carbocycles. The van der Waals surface area contributed by atoms with Crippen molar-refractivity contribution in [3.8, 4) is 17.2 Å². The number of rotatable bonds is 2. The van der Waals surface area contributed by atoms with Gasteiger partial charge in [-0.3, -0.25) is 4.79 Å². The SMILES string of the molecule is CC(=O)Nc1cn2cc(-c3cnc(N)c(C#N)c3)ccc2n1. The van der Waals surface area contributed by atoms with Crippen LogP contribution >= 0.6 is 0 Å². The second kappa shape index (κ2) is 5.18. The van der Waals surface area contributed by atoms with Gasteiger partial charge in [-0.15, -0.1) is 0 Å². The van der Waals surface area contributed by atoms with Gasteiger partial charge in [0.1, 0.15) is 17.5 Å². The van der Waals surface area contributed by atoms with Gasteiger partial charge in [-0.25, -0.2) is 9.97 Å². The van der Waals surface area contributed by atoms with Crippen LogP contribution < -0.4 is 11.1 Å². The van der Waals surface area contributed by atoms with Crippen LogP contribution in [0.4, 0.5) is 11.6 Å². The zero-order valence-electron chi connectivity index (χ0n) is 11.7. The van der Waals surface area contributed by atoms with Gasteiger partial charge in [0.2, 0.25) is 5.91 Å². The lowest BCUT2D eigenvalue weighted by Crippen LogP contribution is -2.05. The lowest BCUT2D eigenvalue weighted by molar-refractivity contribution is -0.114. The van der Waals surface area contributed by atoms with E-state index in [1.54, 1.807) is 22.9 Å². The lowest BCUT2D eigenvalue weighted by atomic mass is 10.1. The minimum atomic E-state index is -0.176. The van der Waals surface area contributed by atoms with E-state index < -0.39 is 0 Å². The number of imidazole rings is 1. The summed E-state index contributed by atoms with van der Waals surface area (Å²) in [7, 11) is 0. The number of hydrogen-bond acceptors (Lipinski definition) is 5. The summed E-state index contributed by atoms with van der Waals surface area (Å²) in [5.74, 6) is 0.519. The number of nitriles is 1. The van der Waals surface area contributed by atoms with Crippen molar-refractivity contribution in [2.24, 2.45) is 0 Å². The number of fused-ring (bicyclic) bond motifs is 1. The highest BCUT2D eigenvalue weighted by Gasteiger charge is 2.07. The van der Waals surface area contributed by atoms with Crippen LogP contribution in [0.5, 0.6) is 0 Å². The normalized spacial score (nSPS) is 10.4. The summed E-state index contributed by atoms with van der Waals surface area (Å²) >= 11 is 0. The fourth-order valence-corrected chi connectivity index (χ4v) is 2.13. The van der Waals surface area contributed by atoms with E-state index in [-0.39, 0.29) is 11.7 Å². The molecule has 3 aromatic heterocycles. The molecule has 0 fully saturated rings. The number of nitrogen functional groups attached to an aromatic ring is 1. The minimum absolute atomic E-state index is 0.176. The molecule has 0 saturated heterocycles. The highest BCUT2D eigenvalue weighted by molar-refractivity contribution is 5.87. The summed E-state index contributed by atoms with van der Waals surface area (Å²) in [5.41, 5.74) is 8.31. The first-order chi connectivity index (χ1) is 10.6. The topological polar surface area (TPSA) is 109 Å². The molecule has 3 aromatic rings. The van der Waals surface area contributed by atoms with Crippen molar-refractivity contribution in [2.75, 3.05) is 11.1 Å². The molecule has 0 aliphatic rings. The predicted molar refractivity (Wildman–Crippen MR) is 81.9 cm³/mol. The van der Waals surface area contributed by atoms with Gasteiger partial charge in [0.15, 0.2) is 5.82 Å². The summed E-state index contributed by atoms with van der Waals surface area (Å²) in [4.78, 5) is 19.4. The van der Waals surface area contributed by atoms with Crippen molar-refractivity contribution in [1.82, 2.24) is 14.4 Å². The molecule has 0 saturated carbocycles. The number of nitrogens with two attached hydrogens (primary N) is 1. The number of hydrogen-bond donors (Lipinski definition) is 2. The molecule has 0 bridgehead atoms. The van der Waals surface area contributed by atoms with E-state index in [1.165, 1.54) is 6.92 Å². The van der Waals surface area contributed by atoms with Crippen molar-refractivity contribution in [3.05, 3.63) is 42.4 Å². The number of aromatic nitrogens is 3. The van der Waals surface area contributed by atoms with Crippen LogP contribution in [0.3, 0.4) is 0 Å². The maximum Gasteiger partial charge on any atom is 0.222 e. The van der Waals surface area contributed by atoms with Crippen LogP contribution in [0.15, 0.2) is 36.8 Å². The van der Waals surface area contributed by atoms with Crippen LogP contribution in [-0.4, -0.2) is 20.3 Å². The first-order valence-electron chi connectivity index (χ1n) is 6.49. The first kappa shape index (κ1) is 13.6. The van der Waals surface area contributed by atoms with Gasteiger partial charge in [-0.05, 0) is 18.2 Å². The highest BCUT2D eigenvalue weighted by Crippen LogP contribution is 2.23. The summed E-state index contributed by atoms with van der Waals surface area (Å²) in [6.45, 7) is 1.43. The molecule has 22 heavy (non-hydrogen) atoms. The van der Waals surface area contributed by atoms with Crippen molar-refractivity contribution >= 4 is 23.2 Å². The molecule has 3 heterocycles. The van der Waals surface area contributed by atoms with Gasteiger partial charge in [0.05, 0.1) is 11.8 Å². The molecule has 0 radical (unpaired) electrons. The molecule has 3 rings (SSSR count). The Morgan fingerprint density at radius 2 is 2.18 bits per heavy atom. The van der Waals surface area contributed by atoms with Crippen LogP contribution in [0.1, 0.15) is 12.5 Å². The lowest BCUT2D eigenvalue weighted by Gasteiger charge is -2.04. The molecule has 7 heteroatoms. The number of anilines is 2. The summed E-state index contributed by atoms with van der Waals surface area (Å²) in [6.07, 6.45) is 5.18. The van der Waals surface area contributed by atoms with Gasteiger partial charge < -0.3 is 15.5 Å². The minimum Gasteiger partial charge on any atom is -0.383 e. The third-order valence-electron chi connectivity index (χ3n) is 3.13. The molecular weight excluding hydrogens is 280 g/mol. The van der Waals surface area contributed by atoms with Crippen molar-refractivity contribution in [1.29, 1.82) is 5.26 Å². The molecule has 7 nitrogen and oxygen atoms in total. The van der Waals surface area contributed by atoms with Crippen LogP contribution in [0.25, 0.3) is 16.8 Å². The second-order valence-corrected chi connectivity index (χ2v) is 4.76. The zero-order chi connectivity index (χ0) is 15.7. The van der Waals surface area contributed by atoms with E-state index in [2.05, 4.69) is 15.3 Å². The number of carbonyl (C=O) groups excluding carboxylic acids is 1. The Hall–Kier alpha value is -3.40. The van der Waals surface area contributed by atoms with Gasteiger partial charge in [-0.1, -0.05) is 0 Å². The molecule has 0 unspecified atom stereocenters. The smallest absolute Gasteiger partial charge is 0.222 e. The molecule has 0 spiro atoms. The van der Waals surface area contributed by atoms with Crippen molar-refractivity contribution in [2.45, 2.75) is 6.92 Å². The van der Waals surface area contributed by atoms with Crippen LogP contribution in [0, 0.1) is 11.3 Å². The maximum atomic E-state index is 11.1. The van der Waals surface area contributed by atoms with Crippen molar-refractivity contribution in [3.63, 3.8) is 0 Å². The predicted octanol–water partition coefficient (Wildman–Crippen LogP) is 1.81. The third-order valence-corrected chi connectivity index (χ3v) is 3.13. The summed E-state index contributed by atoms with van der Waals surface area (Å²) < 4.78 is 1.79. The van der Waals surface area contributed by atoms with Gasteiger partial charge in [0, 0.05) is 30.4 Å². The Labute approximate surface area is 126 Å². The average Bonchev–Trinajstić information content (AvgIpc) is 2.88. The summed E-state index contributed by atoms with van der Waals surface area (Å²) in [5, 5.41) is 11.7. The Morgan fingerprint density at radius 1 is 1.36 bits per heavy atom. The Morgan fingerprint density at radius 3 is 2.91 bits per heavy atom. The molecule has 0 atom stereocenters. The second-order valence-electron chi connectivity index (χ2n) is 4.76. The first-order valence-corrected chi connectivity index (χ1v) is 6.49. The van der Waals surface area contributed by atoms with Crippen LogP contribution in [0.2, 0.25) is 0 Å². The standard InChI is InChI=1S/C15H12N6O/c1-9(22)19-13-8-21-7-10(2-3-14(21)20-13)12-4-11(5-16)15(17)18-6-12/h2-4,6-8H,1H3,(H2,17,18)(H,19,22). The van der Waals surface area contributed by atoms with Gasteiger partial charge in [0.25, 0.3) is 0 Å². The van der Waals surface area contributed by atoms with Gasteiger partial charge >= 0.3 is 0 Å². The molecule has 108 valence electrons. The van der Waals surface area contributed by atoms with E-state index in [1.807, 2.05) is 24.4 Å². The highest BCUT2D eigenvalue weighted by atomic mass is 16.1. The fourth-order valence-electron chi connectivity index (χ4n) is 2.13. The zero-order valence-corrected chi connectivity index (χ0v) is 11.7. The molecule has 3 N–H and O–H groups in total. The Kier molecular flexibility index (Phi) is 3.20. The van der Waals surface area contributed by atoms with E-state index in [0.29, 0.717) is 17.0 Å². The number of amides is 1. The van der Waals surface area contributed by atoms with Crippen molar-refractivity contribution < 1.29 is 4.79 Å². The quantitative estimate of drug-likeness (QED) is 0.748. The average molecular weight is 292 g/mol. The van der Waals surface area contributed by atoms with E-state index >= 15 is 0 Å².